The van der Waals surface area contributed by atoms with Gasteiger partial charge in [0.05, 0.1) is 0 Å². The molecule has 76 valence electrons. The molecule has 1 aliphatic rings. The molecule has 0 aliphatic carbocycles. The van der Waals surface area contributed by atoms with E-state index < -0.39 is 0 Å². The van der Waals surface area contributed by atoms with Gasteiger partial charge < -0.3 is 0 Å². The van der Waals surface area contributed by atoms with E-state index in [4.69, 9.17) is 11.6 Å². The van der Waals surface area contributed by atoms with Crippen molar-refractivity contribution in [3.05, 3.63) is 29.0 Å². The Morgan fingerprint density at radius 3 is 2.79 bits per heavy atom. The molecule has 1 aromatic rings. The topological polar surface area (TPSA) is 16.1 Å². The van der Waals surface area contributed by atoms with Gasteiger partial charge in [-0.25, -0.2) is 4.98 Å². The highest BCUT2D eigenvalue weighted by Gasteiger charge is 2.10. The summed E-state index contributed by atoms with van der Waals surface area (Å²) in [6.07, 6.45) is 5.83. The summed E-state index contributed by atoms with van der Waals surface area (Å²) in [7, 11) is 0. The number of hydrogen-bond acceptors (Lipinski definition) is 2. The predicted octanol–water partition coefficient (Wildman–Crippen LogP) is 2.72. The summed E-state index contributed by atoms with van der Waals surface area (Å²) in [6, 6.07) is 4.00. The lowest BCUT2D eigenvalue weighted by atomic mass is 10.1. The normalized spacial score (nSPS) is 18.4. The van der Waals surface area contributed by atoms with Gasteiger partial charge in [-0.3, -0.25) is 4.90 Å². The van der Waals surface area contributed by atoms with Crippen LogP contribution in [0.1, 0.15) is 24.8 Å². The molecule has 3 heteroatoms. The summed E-state index contributed by atoms with van der Waals surface area (Å²) in [6.45, 7) is 3.46. The maximum absolute atomic E-state index is 5.83. The predicted molar refractivity (Wildman–Crippen MR) is 58.4 cm³/mol. The zero-order valence-corrected chi connectivity index (χ0v) is 9.00. The highest BCUT2D eigenvalue weighted by Crippen LogP contribution is 2.14. The van der Waals surface area contributed by atoms with E-state index in [1.807, 2.05) is 12.1 Å². The van der Waals surface area contributed by atoms with Crippen molar-refractivity contribution in [2.75, 3.05) is 13.1 Å². The number of pyridine rings is 1. The molecule has 0 unspecified atom stereocenters. The molecular weight excluding hydrogens is 196 g/mol. The molecule has 1 fully saturated rings. The Morgan fingerprint density at radius 1 is 1.29 bits per heavy atom. The monoisotopic (exact) mass is 210 g/mol. The first-order valence-electron chi connectivity index (χ1n) is 5.17. The zero-order valence-electron chi connectivity index (χ0n) is 8.25. The molecule has 0 bridgehead atoms. The van der Waals surface area contributed by atoms with Crippen LogP contribution in [-0.2, 0) is 6.54 Å². The third-order valence-corrected chi connectivity index (χ3v) is 2.85. The summed E-state index contributed by atoms with van der Waals surface area (Å²) in [5, 5.41) is 0.597. The molecule has 2 nitrogen and oxygen atoms in total. The van der Waals surface area contributed by atoms with Crippen molar-refractivity contribution >= 4 is 11.6 Å². The zero-order chi connectivity index (χ0) is 9.80. The number of halogens is 1. The Bertz CT molecular complexity index is 295. The van der Waals surface area contributed by atoms with Gasteiger partial charge in [0, 0.05) is 12.7 Å². The first-order chi connectivity index (χ1) is 6.84. The van der Waals surface area contributed by atoms with Crippen molar-refractivity contribution in [3.8, 4) is 0 Å². The number of rotatable bonds is 2. The molecular formula is C11H15ClN2. The molecule has 14 heavy (non-hydrogen) atoms. The van der Waals surface area contributed by atoms with E-state index in [0.717, 1.165) is 6.54 Å². The van der Waals surface area contributed by atoms with Crippen molar-refractivity contribution in [1.29, 1.82) is 0 Å². The Balaban J connectivity index is 1.95. The minimum absolute atomic E-state index is 0.597. The van der Waals surface area contributed by atoms with Gasteiger partial charge in [-0.05, 0) is 43.6 Å². The second-order valence-electron chi connectivity index (χ2n) is 3.82. The maximum Gasteiger partial charge on any atom is 0.129 e. The molecule has 1 aliphatic heterocycles. The highest BCUT2D eigenvalue weighted by molar-refractivity contribution is 6.29. The second kappa shape index (κ2) is 4.76. The fourth-order valence-electron chi connectivity index (χ4n) is 1.92. The standard InChI is InChI=1S/C11H15ClN2/c12-11-8-10(4-5-13-11)9-14-6-2-1-3-7-14/h4-5,8H,1-3,6-7,9H2. The number of piperidine rings is 1. The van der Waals surface area contributed by atoms with E-state index in [2.05, 4.69) is 9.88 Å². The molecule has 2 rings (SSSR count). The fourth-order valence-corrected chi connectivity index (χ4v) is 2.11. The van der Waals surface area contributed by atoms with E-state index in [1.165, 1.54) is 37.9 Å². The largest absolute Gasteiger partial charge is 0.299 e. The molecule has 0 N–H and O–H groups in total. The van der Waals surface area contributed by atoms with Crippen LogP contribution in [0.15, 0.2) is 18.3 Å². The van der Waals surface area contributed by atoms with Crippen LogP contribution in [0.4, 0.5) is 0 Å². The average Bonchev–Trinajstić information content (AvgIpc) is 2.19. The van der Waals surface area contributed by atoms with Crippen molar-refractivity contribution in [2.45, 2.75) is 25.8 Å². The summed E-state index contributed by atoms with van der Waals surface area (Å²) in [5.74, 6) is 0. The van der Waals surface area contributed by atoms with Crippen LogP contribution in [-0.4, -0.2) is 23.0 Å². The summed E-state index contributed by atoms with van der Waals surface area (Å²) in [4.78, 5) is 6.46. The lowest BCUT2D eigenvalue weighted by molar-refractivity contribution is 0.221. The molecule has 0 saturated carbocycles. The molecule has 1 aromatic heterocycles. The third kappa shape index (κ3) is 2.69. The fraction of sp³-hybridized carbons (Fsp3) is 0.545. The highest BCUT2D eigenvalue weighted by atomic mass is 35.5. The van der Waals surface area contributed by atoms with Crippen molar-refractivity contribution in [1.82, 2.24) is 9.88 Å². The number of likely N-dealkylation sites (tertiary alicyclic amines) is 1. The number of nitrogens with zero attached hydrogens (tertiary/aromatic N) is 2. The lowest BCUT2D eigenvalue weighted by Crippen LogP contribution is -2.29. The minimum Gasteiger partial charge on any atom is -0.299 e. The summed E-state index contributed by atoms with van der Waals surface area (Å²) in [5.41, 5.74) is 1.27. The Hall–Kier alpha value is -0.600. The Labute approximate surface area is 89.9 Å². The first-order valence-corrected chi connectivity index (χ1v) is 5.55. The van der Waals surface area contributed by atoms with Crippen molar-refractivity contribution in [2.24, 2.45) is 0 Å². The van der Waals surface area contributed by atoms with Gasteiger partial charge in [-0.15, -0.1) is 0 Å². The van der Waals surface area contributed by atoms with Crippen LogP contribution < -0.4 is 0 Å². The van der Waals surface area contributed by atoms with Gasteiger partial charge in [0.25, 0.3) is 0 Å². The number of aromatic nitrogens is 1. The van der Waals surface area contributed by atoms with E-state index >= 15 is 0 Å². The van der Waals surface area contributed by atoms with Gasteiger partial charge in [0.2, 0.25) is 0 Å². The van der Waals surface area contributed by atoms with Crippen molar-refractivity contribution in [3.63, 3.8) is 0 Å². The summed E-state index contributed by atoms with van der Waals surface area (Å²) < 4.78 is 0. The smallest absolute Gasteiger partial charge is 0.129 e. The van der Waals surface area contributed by atoms with Crippen LogP contribution in [0.2, 0.25) is 5.15 Å². The SMILES string of the molecule is Clc1cc(CN2CCCCC2)ccn1. The quantitative estimate of drug-likeness (QED) is 0.698. The second-order valence-corrected chi connectivity index (χ2v) is 4.21. The lowest BCUT2D eigenvalue weighted by Gasteiger charge is -2.26. The van der Waals surface area contributed by atoms with E-state index in [1.54, 1.807) is 6.20 Å². The Kier molecular flexibility index (Phi) is 3.38. The molecule has 0 amide bonds. The maximum atomic E-state index is 5.83. The van der Waals surface area contributed by atoms with Crippen LogP contribution in [0.25, 0.3) is 0 Å². The van der Waals surface area contributed by atoms with Crippen LogP contribution in [0.3, 0.4) is 0 Å². The van der Waals surface area contributed by atoms with Gasteiger partial charge in [0.1, 0.15) is 5.15 Å². The number of hydrogen-bond donors (Lipinski definition) is 0. The first kappa shape index (κ1) is 9.94. The van der Waals surface area contributed by atoms with E-state index in [-0.39, 0.29) is 0 Å². The third-order valence-electron chi connectivity index (χ3n) is 2.65. The average molecular weight is 211 g/mol. The van der Waals surface area contributed by atoms with Gasteiger partial charge >= 0.3 is 0 Å². The van der Waals surface area contributed by atoms with E-state index in [9.17, 15) is 0 Å². The molecule has 0 atom stereocenters. The summed E-state index contributed by atoms with van der Waals surface area (Å²) >= 11 is 5.83. The minimum atomic E-state index is 0.597. The van der Waals surface area contributed by atoms with Crippen LogP contribution in [0.5, 0.6) is 0 Å². The molecule has 0 aromatic carbocycles. The van der Waals surface area contributed by atoms with Crippen molar-refractivity contribution < 1.29 is 0 Å². The van der Waals surface area contributed by atoms with Crippen LogP contribution >= 0.6 is 11.6 Å². The molecule has 0 spiro atoms. The Morgan fingerprint density at radius 2 is 2.07 bits per heavy atom. The van der Waals surface area contributed by atoms with E-state index in [0.29, 0.717) is 5.15 Å². The molecule has 0 radical (unpaired) electrons. The van der Waals surface area contributed by atoms with Gasteiger partial charge in [-0.1, -0.05) is 18.0 Å². The van der Waals surface area contributed by atoms with Gasteiger partial charge in [-0.2, -0.15) is 0 Å². The molecule has 2 heterocycles. The van der Waals surface area contributed by atoms with Crippen LogP contribution in [0, 0.1) is 0 Å². The molecule has 1 saturated heterocycles. The van der Waals surface area contributed by atoms with Gasteiger partial charge in [0.15, 0.2) is 0 Å².